The zero-order valence-electron chi connectivity index (χ0n) is 11.0. The van der Waals surface area contributed by atoms with E-state index in [0.717, 1.165) is 24.8 Å². The normalized spacial score (nSPS) is 23.7. The first-order chi connectivity index (χ1) is 9.22. The van der Waals surface area contributed by atoms with Gasteiger partial charge < -0.3 is 9.63 Å². The van der Waals surface area contributed by atoms with Crippen LogP contribution in [0, 0.1) is 5.92 Å². The first-order valence-corrected chi connectivity index (χ1v) is 6.72. The molecule has 1 aliphatic carbocycles. The van der Waals surface area contributed by atoms with Crippen LogP contribution in [0.15, 0.2) is 16.9 Å². The van der Waals surface area contributed by atoms with E-state index in [-0.39, 0.29) is 12.0 Å². The minimum Gasteiger partial charge on any atom is -0.393 e. The number of hydrogen-bond donors (Lipinski definition) is 1. The topological polar surface area (TPSA) is 77.0 Å². The summed E-state index contributed by atoms with van der Waals surface area (Å²) < 4.78 is 6.97. The van der Waals surface area contributed by atoms with E-state index in [4.69, 9.17) is 4.52 Å². The highest BCUT2D eigenvalue weighted by molar-refractivity contribution is 5.50. The molecule has 0 amide bonds. The number of aliphatic hydroxyl groups excluding tert-OH is 1. The molecule has 0 radical (unpaired) electrons. The third kappa shape index (κ3) is 2.68. The van der Waals surface area contributed by atoms with E-state index in [1.165, 1.54) is 6.42 Å². The lowest BCUT2D eigenvalue weighted by molar-refractivity contribution is 0.0657. The van der Waals surface area contributed by atoms with Crippen molar-refractivity contribution in [2.75, 3.05) is 0 Å². The van der Waals surface area contributed by atoms with Gasteiger partial charge in [-0.3, -0.25) is 4.68 Å². The largest absolute Gasteiger partial charge is 0.393 e. The minimum absolute atomic E-state index is 0.234. The Balaban J connectivity index is 1.71. The highest BCUT2D eigenvalue weighted by Crippen LogP contribution is 2.27. The molecule has 6 nitrogen and oxygen atoms in total. The molecule has 0 spiro atoms. The fourth-order valence-electron chi connectivity index (χ4n) is 2.64. The van der Waals surface area contributed by atoms with Gasteiger partial charge in [-0.15, -0.1) is 0 Å². The molecule has 0 aromatic carbocycles. The van der Waals surface area contributed by atoms with Crippen LogP contribution in [-0.4, -0.2) is 31.1 Å². The van der Waals surface area contributed by atoms with Crippen molar-refractivity contribution in [3.05, 3.63) is 18.3 Å². The lowest BCUT2D eigenvalue weighted by Gasteiger charge is -2.26. The number of nitrogens with zero attached hydrogens (tertiary/aromatic N) is 4. The van der Waals surface area contributed by atoms with Gasteiger partial charge in [-0.05, 0) is 18.8 Å². The molecule has 2 unspecified atom stereocenters. The van der Waals surface area contributed by atoms with E-state index in [0.29, 0.717) is 18.1 Å². The first-order valence-electron chi connectivity index (χ1n) is 6.72. The average Bonchev–Trinajstić information content (AvgIpc) is 3.01. The number of hydrogen-bond acceptors (Lipinski definition) is 5. The molecule has 1 fully saturated rings. The van der Waals surface area contributed by atoms with Gasteiger partial charge in [0.05, 0.1) is 17.9 Å². The van der Waals surface area contributed by atoms with Gasteiger partial charge in [-0.2, -0.15) is 10.1 Å². The van der Waals surface area contributed by atoms with Gasteiger partial charge in [-0.25, -0.2) is 0 Å². The van der Waals surface area contributed by atoms with Crippen LogP contribution in [0.5, 0.6) is 0 Å². The molecule has 2 aromatic rings. The molecule has 2 atom stereocenters. The number of aromatic nitrogens is 4. The Morgan fingerprint density at radius 1 is 1.42 bits per heavy atom. The van der Waals surface area contributed by atoms with Crippen molar-refractivity contribution in [1.82, 2.24) is 19.9 Å². The molecule has 6 heteroatoms. The third-order valence-electron chi connectivity index (χ3n) is 3.74. The number of aryl methyl sites for hydroxylation is 1. The van der Waals surface area contributed by atoms with Crippen LogP contribution in [0.25, 0.3) is 11.4 Å². The van der Waals surface area contributed by atoms with Crippen molar-refractivity contribution in [2.45, 2.75) is 38.2 Å². The Morgan fingerprint density at radius 2 is 2.26 bits per heavy atom. The summed E-state index contributed by atoms with van der Waals surface area (Å²) in [7, 11) is 1.85. The van der Waals surface area contributed by atoms with E-state index in [1.54, 1.807) is 10.9 Å². The summed E-state index contributed by atoms with van der Waals surface area (Å²) in [5.41, 5.74) is 0.849. The zero-order chi connectivity index (χ0) is 13.2. The fourth-order valence-corrected chi connectivity index (χ4v) is 2.64. The Kier molecular flexibility index (Phi) is 3.33. The monoisotopic (exact) mass is 262 g/mol. The highest BCUT2D eigenvalue weighted by atomic mass is 16.5. The second-order valence-corrected chi connectivity index (χ2v) is 5.23. The molecule has 1 saturated carbocycles. The van der Waals surface area contributed by atoms with Crippen molar-refractivity contribution < 1.29 is 9.63 Å². The molecule has 2 heterocycles. The zero-order valence-corrected chi connectivity index (χ0v) is 11.0. The summed E-state index contributed by atoms with van der Waals surface area (Å²) in [4.78, 5) is 4.38. The standard InChI is InChI=1S/C13H18N4O2/c1-17-8-10(7-14-17)13-15-12(19-16-13)6-9-4-2-3-5-11(9)18/h7-9,11,18H,2-6H2,1H3. The Morgan fingerprint density at radius 3 is 3.00 bits per heavy atom. The van der Waals surface area contributed by atoms with Crippen molar-refractivity contribution in [1.29, 1.82) is 0 Å². The van der Waals surface area contributed by atoms with Crippen LogP contribution in [0.1, 0.15) is 31.6 Å². The summed E-state index contributed by atoms with van der Waals surface area (Å²) in [6, 6.07) is 0. The highest BCUT2D eigenvalue weighted by Gasteiger charge is 2.25. The lowest BCUT2D eigenvalue weighted by Crippen LogP contribution is -2.26. The van der Waals surface area contributed by atoms with Crippen LogP contribution in [0.3, 0.4) is 0 Å². The molecule has 0 aliphatic heterocycles. The van der Waals surface area contributed by atoms with E-state index in [1.807, 2.05) is 13.2 Å². The molecule has 19 heavy (non-hydrogen) atoms. The van der Waals surface area contributed by atoms with E-state index >= 15 is 0 Å². The maximum atomic E-state index is 9.95. The summed E-state index contributed by atoms with van der Waals surface area (Å²) in [5.74, 6) is 1.41. The smallest absolute Gasteiger partial charge is 0.227 e. The average molecular weight is 262 g/mol. The summed E-state index contributed by atoms with van der Waals surface area (Å²) in [6.45, 7) is 0. The Bertz CT molecular complexity index is 548. The summed E-state index contributed by atoms with van der Waals surface area (Å²) in [6.07, 6.45) is 8.19. The van der Waals surface area contributed by atoms with E-state index in [9.17, 15) is 5.11 Å². The van der Waals surface area contributed by atoms with Crippen molar-refractivity contribution >= 4 is 0 Å². The van der Waals surface area contributed by atoms with Gasteiger partial charge in [0.1, 0.15) is 0 Å². The fraction of sp³-hybridized carbons (Fsp3) is 0.615. The van der Waals surface area contributed by atoms with Crippen molar-refractivity contribution in [3.63, 3.8) is 0 Å². The summed E-state index contributed by atoms with van der Waals surface area (Å²) in [5, 5.41) is 18.0. The van der Waals surface area contributed by atoms with Crippen LogP contribution < -0.4 is 0 Å². The predicted molar refractivity (Wildman–Crippen MR) is 68.2 cm³/mol. The Hall–Kier alpha value is -1.69. The van der Waals surface area contributed by atoms with Gasteiger partial charge in [0, 0.05) is 19.7 Å². The van der Waals surface area contributed by atoms with Crippen molar-refractivity contribution in [2.24, 2.45) is 13.0 Å². The van der Waals surface area contributed by atoms with Gasteiger partial charge in [0.2, 0.25) is 11.7 Å². The number of rotatable bonds is 3. The first kappa shape index (κ1) is 12.3. The molecule has 102 valence electrons. The van der Waals surface area contributed by atoms with E-state index in [2.05, 4.69) is 15.2 Å². The quantitative estimate of drug-likeness (QED) is 0.908. The molecule has 2 aromatic heterocycles. The summed E-state index contributed by atoms with van der Waals surface area (Å²) >= 11 is 0. The Labute approximate surface area is 111 Å². The van der Waals surface area contributed by atoms with Gasteiger partial charge in [-0.1, -0.05) is 18.0 Å². The number of aliphatic hydroxyl groups is 1. The predicted octanol–water partition coefficient (Wildman–Crippen LogP) is 1.56. The molecule has 1 aliphatic rings. The molecule has 0 bridgehead atoms. The van der Waals surface area contributed by atoms with E-state index < -0.39 is 0 Å². The van der Waals surface area contributed by atoms with Crippen LogP contribution in [0.4, 0.5) is 0 Å². The molecule has 0 saturated heterocycles. The van der Waals surface area contributed by atoms with Gasteiger partial charge >= 0.3 is 0 Å². The molecule has 1 N–H and O–H groups in total. The SMILES string of the molecule is Cn1cc(-c2noc(CC3CCCCC3O)n2)cn1. The van der Waals surface area contributed by atoms with Crippen molar-refractivity contribution in [3.8, 4) is 11.4 Å². The van der Waals surface area contributed by atoms with Crippen LogP contribution >= 0.6 is 0 Å². The van der Waals surface area contributed by atoms with Crippen LogP contribution in [-0.2, 0) is 13.5 Å². The maximum Gasteiger partial charge on any atom is 0.227 e. The van der Waals surface area contributed by atoms with Gasteiger partial charge in [0.15, 0.2) is 0 Å². The molecular formula is C13H18N4O2. The second-order valence-electron chi connectivity index (χ2n) is 5.23. The molecule has 3 rings (SSSR count). The molecular weight excluding hydrogens is 244 g/mol. The minimum atomic E-state index is -0.234. The lowest BCUT2D eigenvalue weighted by atomic mass is 9.84. The third-order valence-corrected chi connectivity index (χ3v) is 3.74. The van der Waals surface area contributed by atoms with Gasteiger partial charge in [0.25, 0.3) is 0 Å². The maximum absolute atomic E-state index is 9.95. The second kappa shape index (κ2) is 5.13. The van der Waals surface area contributed by atoms with Crippen LogP contribution in [0.2, 0.25) is 0 Å².